The summed E-state index contributed by atoms with van der Waals surface area (Å²) in [5.74, 6) is -0.526. The summed E-state index contributed by atoms with van der Waals surface area (Å²) in [4.78, 5) is 43.0. The van der Waals surface area contributed by atoms with Gasteiger partial charge in [0.25, 0.3) is 0 Å². The van der Waals surface area contributed by atoms with E-state index in [-0.39, 0.29) is 43.3 Å². The molecule has 1 unspecified atom stereocenters. The van der Waals surface area contributed by atoms with Crippen molar-refractivity contribution >= 4 is 17.8 Å². The highest BCUT2D eigenvalue weighted by Gasteiger charge is 2.50. The van der Waals surface area contributed by atoms with Crippen molar-refractivity contribution in [1.82, 2.24) is 25.1 Å². The number of ether oxygens (including phenoxy) is 1. The number of carbonyl (C=O) groups excluding carboxylic acids is 3. The maximum atomic E-state index is 13.4. The third-order valence-electron chi connectivity index (χ3n) is 6.35. The zero-order chi connectivity index (χ0) is 24.7. The van der Waals surface area contributed by atoms with Crippen LogP contribution < -0.4 is 5.32 Å². The van der Waals surface area contributed by atoms with Crippen LogP contribution in [0, 0.1) is 0 Å². The van der Waals surface area contributed by atoms with Crippen LogP contribution in [-0.4, -0.2) is 96.8 Å². The number of rotatable bonds is 9. The van der Waals surface area contributed by atoms with Crippen LogP contribution in [0.3, 0.4) is 0 Å². The molecule has 3 rings (SSSR count). The van der Waals surface area contributed by atoms with Crippen molar-refractivity contribution < 1.29 is 23.5 Å². The van der Waals surface area contributed by atoms with Gasteiger partial charge in [0.15, 0.2) is 0 Å². The topological polar surface area (TPSA) is 85.4 Å². The van der Waals surface area contributed by atoms with Crippen LogP contribution in [-0.2, 0) is 14.3 Å². The molecule has 2 fully saturated rings. The molecule has 4 amide bonds. The van der Waals surface area contributed by atoms with Gasteiger partial charge in [0, 0.05) is 33.9 Å². The van der Waals surface area contributed by atoms with Crippen molar-refractivity contribution in [3.05, 3.63) is 35.7 Å². The lowest BCUT2D eigenvalue weighted by atomic mass is 10.0. The van der Waals surface area contributed by atoms with Gasteiger partial charge in [-0.1, -0.05) is 31.9 Å². The molecule has 188 valence electrons. The van der Waals surface area contributed by atoms with Gasteiger partial charge in [0.05, 0.1) is 13.1 Å². The highest BCUT2D eigenvalue weighted by molar-refractivity contribution is 5.91. The number of fused-ring (bicyclic) bond motifs is 1. The Hall–Kier alpha value is -2.72. The second-order valence-electron chi connectivity index (χ2n) is 8.83. The number of nitrogens with one attached hydrogen (secondary N) is 1. The second-order valence-corrected chi connectivity index (χ2v) is 8.83. The first-order valence-electron chi connectivity index (χ1n) is 12.0. The van der Waals surface area contributed by atoms with E-state index in [1.54, 1.807) is 35.0 Å². The van der Waals surface area contributed by atoms with Gasteiger partial charge in [-0.05, 0) is 37.0 Å². The summed E-state index contributed by atoms with van der Waals surface area (Å²) >= 11 is 0. The fourth-order valence-electron chi connectivity index (χ4n) is 4.62. The molecule has 3 aliphatic rings. The van der Waals surface area contributed by atoms with Crippen LogP contribution in [0.2, 0.25) is 0 Å². The van der Waals surface area contributed by atoms with E-state index in [2.05, 4.69) is 5.32 Å². The maximum Gasteiger partial charge on any atom is 0.334 e. The standard InChI is InChI=1S/C24H36FN5O4/c1-4-5-10-20-23(32)28(13-7-14-34-3)16-21-29(20)22(31)17-27(2)30(21)24(33)26-15-18-8-6-9-19(25)12-11-18/h8-9,11-12,20-21H,4-7,10,13-17H2,1-3H3,(H,26,33)/t20-,21?/m0/s1. The minimum atomic E-state index is -0.592. The van der Waals surface area contributed by atoms with Crippen LogP contribution in [0.5, 0.6) is 0 Å². The number of unbranched alkanes of at least 4 members (excludes halogenated alkanes) is 1. The van der Waals surface area contributed by atoms with Crippen molar-refractivity contribution in [2.45, 2.75) is 51.2 Å². The van der Waals surface area contributed by atoms with E-state index in [1.165, 1.54) is 17.2 Å². The number of hydrogen-bond acceptors (Lipinski definition) is 5. The van der Waals surface area contributed by atoms with Gasteiger partial charge in [0.1, 0.15) is 18.0 Å². The Morgan fingerprint density at radius 2 is 2.03 bits per heavy atom. The van der Waals surface area contributed by atoms with E-state index in [9.17, 15) is 18.8 Å². The van der Waals surface area contributed by atoms with Crippen molar-refractivity contribution in [3.8, 4) is 0 Å². The van der Waals surface area contributed by atoms with Gasteiger partial charge in [-0.15, -0.1) is 0 Å². The van der Waals surface area contributed by atoms with Crippen molar-refractivity contribution in [3.63, 3.8) is 0 Å². The Morgan fingerprint density at radius 3 is 2.76 bits per heavy atom. The number of halogens is 1. The molecule has 10 heteroatoms. The first-order chi connectivity index (χ1) is 16.4. The van der Waals surface area contributed by atoms with Crippen molar-refractivity contribution in [2.24, 2.45) is 0 Å². The number of nitrogens with zero attached hydrogens (tertiary/aromatic N) is 4. The number of hydrogen-bond donors (Lipinski definition) is 1. The molecular formula is C24H36FN5O4. The van der Waals surface area contributed by atoms with Crippen molar-refractivity contribution in [2.75, 3.05) is 46.9 Å². The molecule has 0 radical (unpaired) electrons. The predicted molar refractivity (Wildman–Crippen MR) is 126 cm³/mol. The normalized spacial score (nSPS) is 23.5. The molecule has 0 bridgehead atoms. The molecule has 0 saturated carbocycles. The Bertz CT molecular complexity index is 858. The Balaban J connectivity index is 1.79. The highest BCUT2D eigenvalue weighted by Crippen LogP contribution is 2.28. The van der Waals surface area contributed by atoms with Crippen molar-refractivity contribution in [1.29, 1.82) is 0 Å². The lowest BCUT2D eigenvalue weighted by molar-refractivity contribution is -0.187. The lowest BCUT2D eigenvalue weighted by Gasteiger charge is -2.54. The van der Waals surface area contributed by atoms with Gasteiger partial charge >= 0.3 is 6.03 Å². The average molecular weight is 478 g/mol. The molecule has 1 N–H and O–H groups in total. The molecule has 2 aliphatic heterocycles. The molecule has 0 spiro atoms. The summed E-state index contributed by atoms with van der Waals surface area (Å²) in [5, 5.41) is 6.04. The number of methoxy groups -OCH3 is 1. The molecule has 2 saturated heterocycles. The van der Waals surface area contributed by atoms with E-state index >= 15 is 0 Å². The second kappa shape index (κ2) is 12.1. The molecule has 0 aromatic carbocycles. The number of carbonyl (C=O) groups is 3. The van der Waals surface area contributed by atoms with Gasteiger partial charge < -0.3 is 19.9 Å². The number of urea groups is 1. The van der Waals surface area contributed by atoms with Gasteiger partial charge in [-0.25, -0.2) is 19.2 Å². The summed E-state index contributed by atoms with van der Waals surface area (Å²) in [5.41, 5.74) is 0.797. The zero-order valence-electron chi connectivity index (χ0n) is 20.3. The third-order valence-corrected chi connectivity index (χ3v) is 6.35. The molecule has 0 aromatic rings. The van der Waals surface area contributed by atoms with E-state index in [0.29, 0.717) is 32.4 Å². The van der Waals surface area contributed by atoms with Gasteiger partial charge in [-0.2, -0.15) is 0 Å². The largest absolute Gasteiger partial charge is 0.385 e. The minimum absolute atomic E-state index is 0.0151. The van der Waals surface area contributed by atoms with Gasteiger partial charge in [0.2, 0.25) is 11.8 Å². The smallest absolute Gasteiger partial charge is 0.334 e. The molecule has 2 heterocycles. The fourth-order valence-corrected chi connectivity index (χ4v) is 4.62. The predicted octanol–water partition coefficient (Wildman–Crippen LogP) is 2.19. The summed E-state index contributed by atoms with van der Waals surface area (Å²) in [6, 6.07) is -0.947. The lowest BCUT2D eigenvalue weighted by Crippen LogP contribution is -2.76. The molecular weight excluding hydrogens is 441 g/mol. The van der Waals surface area contributed by atoms with E-state index in [1.807, 2.05) is 13.0 Å². The Labute approximate surface area is 200 Å². The first kappa shape index (κ1) is 25.9. The molecule has 1 aliphatic carbocycles. The quantitative estimate of drug-likeness (QED) is 0.515. The molecule has 0 aromatic heterocycles. The van der Waals surface area contributed by atoms with E-state index in [0.717, 1.165) is 18.4 Å². The van der Waals surface area contributed by atoms with Crippen LogP contribution in [0.4, 0.5) is 9.18 Å². The summed E-state index contributed by atoms with van der Waals surface area (Å²) in [6.07, 6.45) is 9.17. The number of piperazine rings is 1. The Kier molecular flexibility index (Phi) is 9.23. The number of amides is 4. The SMILES string of the molecule is CCCC[C@H]1C(=O)N(CCCOC)CC2N1C(=O)CN(C)N2C(=O)NCC1=CCC=C(F)C=C1. The first-order valence-corrected chi connectivity index (χ1v) is 12.0. The third kappa shape index (κ3) is 6.04. The van der Waals surface area contributed by atoms with Gasteiger partial charge in [-0.3, -0.25) is 9.59 Å². The van der Waals surface area contributed by atoms with E-state index in [4.69, 9.17) is 4.74 Å². The van der Waals surface area contributed by atoms with Crippen LogP contribution in [0.1, 0.15) is 39.0 Å². The average Bonchev–Trinajstić information content (AvgIpc) is 3.01. The highest BCUT2D eigenvalue weighted by atomic mass is 19.1. The fraction of sp³-hybridized carbons (Fsp3) is 0.625. The summed E-state index contributed by atoms with van der Waals surface area (Å²) < 4.78 is 18.6. The summed E-state index contributed by atoms with van der Waals surface area (Å²) in [7, 11) is 3.32. The minimum Gasteiger partial charge on any atom is -0.385 e. The molecule has 2 atom stereocenters. The Morgan fingerprint density at radius 1 is 1.24 bits per heavy atom. The number of allylic oxidation sites excluding steroid dienone is 4. The van der Waals surface area contributed by atoms with Crippen LogP contribution >= 0.6 is 0 Å². The summed E-state index contributed by atoms with van der Waals surface area (Å²) in [6.45, 7) is 3.57. The molecule has 34 heavy (non-hydrogen) atoms. The van der Waals surface area contributed by atoms with Crippen LogP contribution in [0.15, 0.2) is 35.7 Å². The molecule has 9 nitrogen and oxygen atoms in total. The number of hydrazine groups is 1. The van der Waals surface area contributed by atoms with Crippen LogP contribution in [0.25, 0.3) is 0 Å². The number of likely N-dealkylation sites (N-methyl/N-ethyl adjacent to an activating group) is 1. The van der Waals surface area contributed by atoms with E-state index < -0.39 is 12.2 Å². The monoisotopic (exact) mass is 477 g/mol. The zero-order valence-corrected chi connectivity index (χ0v) is 20.3. The maximum absolute atomic E-state index is 13.4.